The molecule has 20 heavy (non-hydrogen) atoms. The molecule has 0 amide bonds. The highest BCUT2D eigenvalue weighted by Crippen LogP contribution is 2.28. The SMILES string of the molecule is C[C@H](O)CNCCNc1ccc([N+](=O)[O-])cc1[N+](=O)[O-]. The monoisotopic (exact) mass is 284 g/mol. The zero-order valence-corrected chi connectivity index (χ0v) is 10.9. The van der Waals surface area contributed by atoms with Crippen molar-refractivity contribution in [2.45, 2.75) is 13.0 Å². The number of rotatable bonds is 8. The van der Waals surface area contributed by atoms with E-state index < -0.39 is 16.0 Å². The van der Waals surface area contributed by atoms with E-state index in [1.807, 2.05) is 0 Å². The summed E-state index contributed by atoms with van der Waals surface area (Å²) < 4.78 is 0. The summed E-state index contributed by atoms with van der Waals surface area (Å²) in [6.45, 7) is 2.95. The van der Waals surface area contributed by atoms with Crippen molar-refractivity contribution < 1.29 is 15.0 Å². The van der Waals surface area contributed by atoms with Crippen LogP contribution in [0.4, 0.5) is 17.1 Å². The third-order valence-electron chi connectivity index (χ3n) is 2.45. The van der Waals surface area contributed by atoms with E-state index in [1.165, 1.54) is 12.1 Å². The molecule has 0 radical (unpaired) electrons. The third-order valence-corrected chi connectivity index (χ3v) is 2.45. The van der Waals surface area contributed by atoms with Gasteiger partial charge in [-0.1, -0.05) is 0 Å². The van der Waals surface area contributed by atoms with Gasteiger partial charge in [-0.2, -0.15) is 0 Å². The molecule has 0 heterocycles. The van der Waals surface area contributed by atoms with Crippen LogP contribution >= 0.6 is 0 Å². The maximum Gasteiger partial charge on any atom is 0.299 e. The first-order valence-electron chi connectivity index (χ1n) is 5.97. The van der Waals surface area contributed by atoms with Gasteiger partial charge >= 0.3 is 0 Å². The highest BCUT2D eigenvalue weighted by atomic mass is 16.6. The van der Waals surface area contributed by atoms with Crippen molar-refractivity contribution in [3.63, 3.8) is 0 Å². The van der Waals surface area contributed by atoms with E-state index >= 15 is 0 Å². The largest absolute Gasteiger partial charge is 0.392 e. The molecule has 9 nitrogen and oxygen atoms in total. The first-order valence-corrected chi connectivity index (χ1v) is 5.97. The minimum Gasteiger partial charge on any atom is -0.392 e. The van der Waals surface area contributed by atoms with Crippen molar-refractivity contribution in [2.75, 3.05) is 25.0 Å². The lowest BCUT2D eigenvalue weighted by molar-refractivity contribution is -0.393. The van der Waals surface area contributed by atoms with Crippen LogP contribution in [0.5, 0.6) is 0 Å². The summed E-state index contributed by atoms with van der Waals surface area (Å²) in [5.41, 5.74) is -0.441. The number of nitrogens with one attached hydrogen (secondary N) is 2. The average Bonchev–Trinajstić information content (AvgIpc) is 2.37. The number of nitro groups is 2. The smallest absolute Gasteiger partial charge is 0.299 e. The van der Waals surface area contributed by atoms with Gasteiger partial charge in [-0.05, 0) is 13.0 Å². The molecule has 0 spiro atoms. The lowest BCUT2D eigenvalue weighted by atomic mass is 10.2. The molecule has 0 aliphatic rings. The number of hydrogen-bond acceptors (Lipinski definition) is 7. The Morgan fingerprint density at radius 1 is 1.25 bits per heavy atom. The predicted molar refractivity (Wildman–Crippen MR) is 72.8 cm³/mol. The topological polar surface area (TPSA) is 131 Å². The summed E-state index contributed by atoms with van der Waals surface area (Å²) in [5.74, 6) is 0. The molecule has 0 bridgehead atoms. The maximum atomic E-state index is 10.9. The van der Waals surface area contributed by atoms with Crippen molar-refractivity contribution in [1.82, 2.24) is 5.32 Å². The summed E-state index contributed by atoms with van der Waals surface area (Å²) in [5, 5.41) is 36.2. The summed E-state index contributed by atoms with van der Waals surface area (Å²) in [4.78, 5) is 20.1. The Morgan fingerprint density at radius 3 is 2.50 bits per heavy atom. The molecule has 1 rings (SSSR count). The van der Waals surface area contributed by atoms with Crippen LogP contribution in [0, 0.1) is 20.2 Å². The average molecular weight is 284 g/mol. The molecular formula is C11H16N4O5. The lowest BCUT2D eigenvalue weighted by Gasteiger charge is -2.09. The number of benzene rings is 1. The molecule has 0 aromatic heterocycles. The molecule has 0 saturated carbocycles. The number of non-ortho nitro benzene ring substituents is 1. The first kappa shape index (κ1) is 15.8. The molecule has 1 aromatic rings. The predicted octanol–water partition coefficient (Wildman–Crippen LogP) is 0.885. The van der Waals surface area contributed by atoms with Crippen molar-refractivity contribution in [3.8, 4) is 0 Å². The first-order chi connectivity index (χ1) is 9.41. The Bertz CT molecular complexity index is 492. The minimum absolute atomic E-state index is 0.222. The molecule has 9 heteroatoms. The van der Waals surface area contributed by atoms with Crippen LogP contribution in [0.2, 0.25) is 0 Å². The number of nitrogens with zero attached hydrogens (tertiary/aromatic N) is 2. The van der Waals surface area contributed by atoms with Crippen LogP contribution < -0.4 is 10.6 Å². The minimum atomic E-state index is -0.680. The molecule has 1 aromatic carbocycles. The molecule has 3 N–H and O–H groups in total. The summed E-state index contributed by atoms with van der Waals surface area (Å²) in [7, 11) is 0. The van der Waals surface area contributed by atoms with Gasteiger partial charge in [-0.25, -0.2) is 0 Å². The number of anilines is 1. The second-order valence-corrected chi connectivity index (χ2v) is 4.20. The van der Waals surface area contributed by atoms with E-state index in [0.29, 0.717) is 19.6 Å². The number of aliphatic hydroxyl groups is 1. The number of nitro benzene ring substituents is 2. The molecule has 0 aliphatic heterocycles. The van der Waals surface area contributed by atoms with E-state index in [2.05, 4.69) is 10.6 Å². The molecule has 1 atom stereocenters. The fourth-order valence-electron chi connectivity index (χ4n) is 1.53. The fraction of sp³-hybridized carbons (Fsp3) is 0.455. The molecule has 0 aliphatic carbocycles. The maximum absolute atomic E-state index is 10.9. The summed E-state index contributed by atoms with van der Waals surface area (Å²) >= 11 is 0. The van der Waals surface area contributed by atoms with Gasteiger partial charge in [0.05, 0.1) is 22.0 Å². The quantitative estimate of drug-likeness (QED) is 0.367. The van der Waals surface area contributed by atoms with E-state index in [4.69, 9.17) is 5.11 Å². The molecule has 0 saturated heterocycles. The third kappa shape index (κ3) is 4.78. The van der Waals surface area contributed by atoms with Crippen LogP contribution in [-0.2, 0) is 0 Å². The van der Waals surface area contributed by atoms with Crippen molar-refractivity contribution in [3.05, 3.63) is 38.4 Å². The molecular weight excluding hydrogens is 268 g/mol. The van der Waals surface area contributed by atoms with Gasteiger partial charge < -0.3 is 15.7 Å². The fourth-order valence-corrected chi connectivity index (χ4v) is 1.53. The Balaban J connectivity index is 2.65. The van der Waals surface area contributed by atoms with Crippen molar-refractivity contribution in [2.24, 2.45) is 0 Å². The standard InChI is InChI=1S/C11H16N4O5/c1-8(16)7-12-4-5-13-10-3-2-9(14(17)18)6-11(10)15(19)20/h2-3,6,8,12-13,16H,4-5,7H2,1H3/t8-/m0/s1. The second-order valence-electron chi connectivity index (χ2n) is 4.20. The van der Waals surface area contributed by atoms with Gasteiger partial charge in [-0.3, -0.25) is 20.2 Å². The summed E-state index contributed by atoms with van der Waals surface area (Å²) in [6, 6.07) is 3.44. The van der Waals surface area contributed by atoms with Gasteiger partial charge in [0, 0.05) is 25.7 Å². The number of hydrogen-bond donors (Lipinski definition) is 3. The van der Waals surface area contributed by atoms with Crippen LogP contribution in [0.1, 0.15) is 6.92 Å². The Morgan fingerprint density at radius 2 is 1.95 bits per heavy atom. The zero-order valence-electron chi connectivity index (χ0n) is 10.9. The van der Waals surface area contributed by atoms with Gasteiger partial charge in [-0.15, -0.1) is 0 Å². The van der Waals surface area contributed by atoms with Crippen molar-refractivity contribution >= 4 is 17.1 Å². The van der Waals surface area contributed by atoms with E-state index in [1.54, 1.807) is 6.92 Å². The Labute approximate surface area is 114 Å². The van der Waals surface area contributed by atoms with Gasteiger partial charge in [0.1, 0.15) is 5.69 Å². The highest BCUT2D eigenvalue weighted by molar-refractivity contribution is 5.65. The van der Waals surface area contributed by atoms with Crippen LogP contribution in [0.15, 0.2) is 18.2 Å². The van der Waals surface area contributed by atoms with Gasteiger partial charge in [0.15, 0.2) is 0 Å². The Kier molecular flexibility index (Phi) is 5.81. The van der Waals surface area contributed by atoms with E-state index in [9.17, 15) is 20.2 Å². The highest BCUT2D eigenvalue weighted by Gasteiger charge is 2.18. The van der Waals surface area contributed by atoms with Crippen LogP contribution in [0.25, 0.3) is 0 Å². The van der Waals surface area contributed by atoms with E-state index in [-0.39, 0.29) is 17.1 Å². The molecule has 0 fully saturated rings. The zero-order chi connectivity index (χ0) is 15.1. The lowest BCUT2D eigenvalue weighted by Crippen LogP contribution is -2.29. The number of aliphatic hydroxyl groups excluding tert-OH is 1. The van der Waals surface area contributed by atoms with Crippen LogP contribution in [0.3, 0.4) is 0 Å². The van der Waals surface area contributed by atoms with Crippen LogP contribution in [-0.4, -0.2) is 40.7 Å². The van der Waals surface area contributed by atoms with Crippen molar-refractivity contribution in [1.29, 1.82) is 0 Å². The normalized spacial score (nSPS) is 11.9. The van der Waals surface area contributed by atoms with Gasteiger partial charge in [0.25, 0.3) is 11.4 Å². The molecule has 110 valence electrons. The Hall–Kier alpha value is -2.26. The molecule has 0 unspecified atom stereocenters. The second kappa shape index (κ2) is 7.36. The summed E-state index contributed by atoms with van der Waals surface area (Å²) in [6.07, 6.45) is -0.469. The van der Waals surface area contributed by atoms with E-state index in [0.717, 1.165) is 6.07 Å². The van der Waals surface area contributed by atoms with Gasteiger partial charge in [0.2, 0.25) is 0 Å².